The van der Waals surface area contributed by atoms with Gasteiger partial charge in [0.25, 0.3) is 0 Å². The summed E-state index contributed by atoms with van der Waals surface area (Å²) in [5.74, 6) is 0.880. The molecule has 0 saturated heterocycles. The summed E-state index contributed by atoms with van der Waals surface area (Å²) in [6, 6.07) is 1.76. The maximum atomic E-state index is 8.06. The Morgan fingerprint density at radius 2 is 2.53 bits per heavy atom. The molecule has 2 N–H and O–H groups in total. The molecule has 0 aliphatic carbocycles. The van der Waals surface area contributed by atoms with Gasteiger partial charge in [0, 0.05) is 17.7 Å². The highest BCUT2D eigenvalue weighted by Crippen LogP contribution is 2.19. The van der Waals surface area contributed by atoms with Crippen molar-refractivity contribution in [1.29, 1.82) is 0 Å². The van der Waals surface area contributed by atoms with E-state index in [1.165, 1.54) is 7.11 Å². The number of methoxy groups -OCH3 is 1. The van der Waals surface area contributed by atoms with Gasteiger partial charge in [-0.2, -0.15) is 0 Å². The largest absolute Gasteiger partial charge is 0.493 e. The SMILES string of the molecule is COc1cc(C=CCN=[N+]=[N-])cnc1N. The van der Waals surface area contributed by atoms with Gasteiger partial charge in [0.05, 0.1) is 7.11 Å². The molecule has 1 heterocycles. The average molecular weight is 205 g/mol. The molecule has 0 bridgehead atoms. The van der Waals surface area contributed by atoms with Crippen molar-refractivity contribution in [2.45, 2.75) is 0 Å². The van der Waals surface area contributed by atoms with Gasteiger partial charge in [-0.05, 0) is 17.2 Å². The van der Waals surface area contributed by atoms with E-state index in [4.69, 9.17) is 16.0 Å². The van der Waals surface area contributed by atoms with Gasteiger partial charge in [-0.1, -0.05) is 17.3 Å². The molecule has 0 amide bonds. The van der Waals surface area contributed by atoms with Gasteiger partial charge < -0.3 is 10.5 Å². The fraction of sp³-hybridized carbons (Fsp3) is 0.222. The van der Waals surface area contributed by atoms with Crippen molar-refractivity contribution in [3.05, 3.63) is 34.3 Å². The van der Waals surface area contributed by atoms with Gasteiger partial charge in [-0.25, -0.2) is 4.98 Å². The van der Waals surface area contributed by atoms with Crippen LogP contribution in [-0.2, 0) is 0 Å². The Balaban J connectivity index is 2.78. The second-order valence-corrected chi connectivity index (χ2v) is 2.67. The summed E-state index contributed by atoms with van der Waals surface area (Å²) < 4.78 is 5.01. The topological polar surface area (TPSA) is 96.9 Å². The zero-order valence-corrected chi connectivity index (χ0v) is 8.29. The van der Waals surface area contributed by atoms with Crippen LogP contribution in [0.4, 0.5) is 5.82 Å². The van der Waals surface area contributed by atoms with Gasteiger partial charge >= 0.3 is 0 Å². The lowest BCUT2D eigenvalue weighted by molar-refractivity contribution is 0.415. The molecule has 0 aliphatic heterocycles. The summed E-state index contributed by atoms with van der Waals surface area (Å²) in [7, 11) is 1.53. The predicted octanol–water partition coefficient (Wildman–Crippen LogP) is 2.00. The molecular formula is C9H11N5O. The molecule has 0 radical (unpaired) electrons. The number of nitrogens with two attached hydrogens (primary N) is 1. The third kappa shape index (κ3) is 3.21. The molecule has 1 aromatic heterocycles. The fourth-order valence-electron chi connectivity index (χ4n) is 0.997. The molecule has 0 atom stereocenters. The first kappa shape index (κ1) is 10.9. The van der Waals surface area contributed by atoms with Gasteiger partial charge in [-0.15, -0.1) is 0 Å². The first-order valence-corrected chi connectivity index (χ1v) is 4.25. The molecule has 6 heteroatoms. The van der Waals surface area contributed by atoms with E-state index in [1.807, 2.05) is 0 Å². The normalized spacial score (nSPS) is 9.93. The molecule has 1 rings (SSSR count). The molecule has 6 nitrogen and oxygen atoms in total. The molecular weight excluding hydrogens is 194 g/mol. The Morgan fingerprint density at radius 1 is 1.73 bits per heavy atom. The third-order valence-electron chi connectivity index (χ3n) is 1.68. The molecule has 0 spiro atoms. The minimum absolute atomic E-state index is 0.309. The maximum Gasteiger partial charge on any atom is 0.166 e. The minimum atomic E-state index is 0.309. The van der Waals surface area contributed by atoms with Crippen molar-refractivity contribution in [2.75, 3.05) is 19.4 Å². The highest BCUT2D eigenvalue weighted by molar-refractivity contribution is 5.56. The van der Waals surface area contributed by atoms with Crippen molar-refractivity contribution in [1.82, 2.24) is 4.98 Å². The van der Waals surface area contributed by atoms with Gasteiger partial charge in [0.2, 0.25) is 0 Å². The number of aromatic nitrogens is 1. The van der Waals surface area contributed by atoms with Gasteiger partial charge in [0.1, 0.15) is 0 Å². The highest BCUT2D eigenvalue weighted by atomic mass is 16.5. The quantitative estimate of drug-likeness (QED) is 0.462. The maximum absolute atomic E-state index is 8.06. The number of azide groups is 1. The van der Waals surface area contributed by atoms with E-state index in [1.54, 1.807) is 24.4 Å². The number of nitrogen functional groups attached to an aromatic ring is 1. The molecule has 0 aliphatic rings. The van der Waals surface area contributed by atoms with Crippen molar-refractivity contribution >= 4 is 11.9 Å². The Hall–Kier alpha value is -2.20. The summed E-state index contributed by atoms with van der Waals surface area (Å²) in [5, 5.41) is 3.36. The summed E-state index contributed by atoms with van der Waals surface area (Å²) in [5.41, 5.74) is 14.4. The molecule has 0 unspecified atom stereocenters. The van der Waals surface area contributed by atoms with E-state index in [2.05, 4.69) is 15.0 Å². The summed E-state index contributed by atoms with van der Waals surface area (Å²) >= 11 is 0. The molecule has 0 saturated carbocycles. The average Bonchev–Trinajstić information content (AvgIpc) is 2.26. The fourth-order valence-corrected chi connectivity index (χ4v) is 0.997. The van der Waals surface area contributed by atoms with Crippen molar-refractivity contribution in [3.8, 4) is 5.75 Å². The van der Waals surface area contributed by atoms with E-state index in [9.17, 15) is 0 Å². The monoisotopic (exact) mass is 205 g/mol. The van der Waals surface area contributed by atoms with Crippen molar-refractivity contribution in [3.63, 3.8) is 0 Å². The first-order valence-electron chi connectivity index (χ1n) is 4.25. The van der Waals surface area contributed by atoms with E-state index in [0.717, 1.165) is 5.56 Å². The second kappa shape index (κ2) is 5.51. The van der Waals surface area contributed by atoms with E-state index < -0.39 is 0 Å². The zero-order chi connectivity index (χ0) is 11.1. The van der Waals surface area contributed by atoms with Gasteiger partial charge in [-0.3, -0.25) is 0 Å². The Kier molecular flexibility index (Phi) is 4.00. The summed E-state index contributed by atoms with van der Waals surface area (Å²) in [6.07, 6.45) is 5.13. The molecule has 15 heavy (non-hydrogen) atoms. The number of nitrogens with zero attached hydrogens (tertiary/aromatic N) is 4. The van der Waals surface area contributed by atoms with Crippen LogP contribution < -0.4 is 10.5 Å². The Bertz CT molecular complexity index is 409. The smallest absolute Gasteiger partial charge is 0.166 e. The second-order valence-electron chi connectivity index (χ2n) is 2.67. The predicted molar refractivity (Wildman–Crippen MR) is 58.2 cm³/mol. The Morgan fingerprint density at radius 3 is 3.20 bits per heavy atom. The van der Waals surface area contributed by atoms with Crippen LogP contribution in [0.3, 0.4) is 0 Å². The lowest BCUT2D eigenvalue weighted by atomic mass is 10.2. The van der Waals surface area contributed by atoms with Crippen LogP contribution in [-0.4, -0.2) is 18.6 Å². The van der Waals surface area contributed by atoms with Crippen LogP contribution >= 0.6 is 0 Å². The van der Waals surface area contributed by atoms with Crippen LogP contribution in [0.1, 0.15) is 5.56 Å². The first-order chi connectivity index (χ1) is 7.27. The van der Waals surface area contributed by atoms with E-state index >= 15 is 0 Å². The van der Waals surface area contributed by atoms with Crippen LogP contribution in [0.15, 0.2) is 23.5 Å². The van der Waals surface area contributed by atoms with Crippen LogP contribution in [0.25, 0.3) is 16.5 Å². The number of hydrogen-bond acceptors (Lipinski definition) is 4. The van der Waals surface area contributed by atoms with Gasteiger partial charge in [0.15, 0.2) is 11.6 Å². The Labute approximate surface area is 87.0 Å². The molecule has 0 fully saturated rings. The van der Waals surface area contributed by atoms with Crippen LogP contribution in [0, 0.1) is 0 Å². The number of pyridine rings is 1. The highest BCUT2D eigenvalue weighted by Gasteiger charge is 1.99. The van der Waals surface area contributed by atoms with E-state index in [-0.39, 0.29) is 0 Å². The molecule has 78 valence electrons. The van der Waals surface area contributed by atoms with E-state index in [0.29, 0.717) is 18.1 Å². The summed E-state index contributed by atoms with van der Waals surface area (Å²) in [4.78, 5) is 6.58. The van der Waals surface area contributed by atoms with Crippen molar-refractivity contribution < 1.29 is 4.74 Å². The lowest BCUT2D eigenvalue weighted by Gasteiger charge is -2.03. The summed E-state index contributed by atoms with van der Waals surface area (Å²) in [6.45, 7) is 0.309. The zero-order valence-electron chi connectivity index (χ0n) is 8.29. The number of anilines is 1. The van der Waals surface area contributed by atoms with Crippen LogP contribution in [0.5, 0.6) is 5.75 Å². The minimum Gasteiger partial charge on any atom is -0.493 e. The van der Waals surface area contributed by atoms with Crippen LogP contribution in [0.2, 0.25) is 0 Å². The number of rotatable bonds is 4. The van der Waals surface area contributed by atoms with Crippen molar-refractivity contribution in [2.24, 2.45) is 5.11 Å². The third-order valence-corrected chi connectivity index (χ3v) is 1.68. The molecule has 1 aromatic rings. The molecule has 0 aromatic carbocycles. The lowest BCUT2D eigenvalue weighted by Crippen LogP contribution is -1.95. The standard InChI is InChI=1S/C9H11N5O/c1-15-8-5-7(6-12-9(8)10)3-2-4-13-14-11/h2-3,5-6H,4H2,1H3,(H2,10,12). The number of ether oxygens (including phenoxy) is 1. The number of hydrogen-bond donors (Lipinski definition) is 1.